The smallest absolute Gasteiger partial charge is 0.313 e. The number of benzene rings is 1. The first-order valence-electron chi connectivity index (χ1n) is 5.07. The average molecular weight is 229 g/mol. The standard InChI is InChI=1S/C10H11ClO2.C2H6/c1-7(2)10(12)13-9-5-3-8(11)4-6-9;1-2/h3-7H,1-2H3;1-2H3. The van der Waals surface area contributed by atoms with E-state index in [1.165, 1.54) is 0 Å². The molecule has 2 nitrogen and oxygen atoms in total. The molecule has 84 valence electrons. The molecule has 3 heteroatoms. The molecule has 0 aromatic heterocycles. The van der Waals surface area contributed by atoms with Crippen molar-refractivity contribution in [3.05, 3.63) is 29.3 Å². The molecule has 0 aliphatic carbocycles. The number of carbonyl (C=O) groups excluding carboxylic acids is 1. The molecule has 1 aromatic carbocycles. The van der Waals surface area contributed by atoms with Crippen LogP contribution < -0.4 is 4.74 Å². The van der Waals surface area contributed by atoms with Crippen LogP contribution in [0.15, 0.2) is 24.3 Å². The second-order valence-corrected chi connectivity index (χ2v) is 3.47. The molecule has 0 unspecified atom stereocenters. The molecule has 15 heavy (non-hydrogen) atoms. The van der Waals surface area contributed by atoms with E-state index in [-0.39, 0.29) is 11.9 Å². The van der Waals surface area contributed by atoms with E-state index in [1.54, 1.807) is 38.1 Å². The Balaban J connectivity index is 0.000000921. The Morgan fingerprint density at radius 1 is 1.20 bits per heavy atom. The fraction of sp³-hybridized carbons (Fsp3) is 0.417. The van der Waals surface area contributed by atoms with Gasteiger partial charge in [0, 0.05) is 5.02 Å². The lowest BCUT2D eigenvalue weighted by atomic mass is 10.2. The van der Waals surface area contributed by atoms with Crippen LogP contribution in [0.4, 0.5) is 0 Å². The van der Waals surface area contributed by atoms with Crippen LogP contribution in [-0.4, -0.2) is 5.97 Å². The van der Waals surface area contributed by atoms with E-state index in [4.69, 9.17) is 16.3 Å². The van der Waals surface area contributed by atoms with Gasteiger partial charge in [-0.15, -0.1) is 0 Å². The number of ether oxygens (including phenoxy) is 1. The van der Waals surface area contributed by atoms with Crippen LogP contribution in [0.2, 0.25) is 5.02 Å². The zero-order chi connectivity index (χ0) is 11.8. The second kappa shape index (κ2) is 7.30. The van der Waals surface area contributed by atoms with Crippen LogP contribution in [0.1, 0.15) is 27.7 Å². The van der Waals surface area contributed by atoms with Crippen molar-refractivity contribution >= 4 is 17.6 Å². The van der Waals surface area contributed by atoms with Gasteiger partial charge in [-0.05, 0) is 24.3 Å². The summed E-state index contributed by atoms with van der Waals surface area (Å²) in [5.74, 6) is 0.182. The maximum absolute atomic E-state index is 11.1. The molecule has 1 aromatic rings. The van der Waals surface area contributed by atoms with Crippen molar-refractivity contribution in [3.63, 3.8) is 0 Å². The van der Waals surface area contributed by atoms with Crippen molar-refractivity contribution in [2.75, 3.05) is 0 Å². The Labute approximate surface area is 96.2 Å². The monoisotopic (exact) mass is 228 g/mol. The Morgan fingerprint density at radius 2 is 1.67 bits per heavy atom. The van der Waals surface area contributed by atoms with Crippen LogP contribution in [0, 0.1) is 5.92 Å². The summed E-state index contributed by atoms with van der Waals surface area (Å²) >= 11 is 5.67. The van der Waals surface area contributed by atoms with Gasteiger partial charge in [0.25, 0.3) is 0 Å². The maximum Gasteiger partial charge on any atom is 0.313 e. The highest BCUT2D eigenvalue weighted by molar-refractivity contribution is 6.30. The molecular weight excluding hydrogens is 212 g/mol. The van der Waals surface area contributed by atoms with Gasteiger partial charge in [-0.1, -0.05) is 39.3 Å². The van der Waals surface area contributed by atoms with Gasteiger partial charge in [0.15, 0.2) is 0 Å². The van der Waals surface area contributed by atoms with E-state index in [1.807, 2.05) is 13.8 Å². The van der Waals surface area contributed by atoms with Crippen molar-refractivity contribution in [2.45, 2.75) is 27.7 Å². The summed E-state index contributed by atoms with van der Waals surface area (Å²) in [6, 6.07) is 6.71. The lowest BCUT2D eigenvalue weighted by molar-refractivity contribution is -0.137. The Hall–Kier alpha value is -1.02. The SMILES string of the molecule is CC.CC(C)C(=O)Oc1ccc(Cl)cc1. The minimum atomic E-state index is -0.234. The summed E-state index contributed by atoms with van der Waals surface area (Å²) in [6.07, 6.45) is 0. The van der Waals surface area contributed by atoms with E-state index >= 15 is 0 Å². The molecule has 0 aliphatic heterocycles. The molecule has 0 bridgehead atoms. The molecule has 0 atom stereocenters. The summed E-state index contributed by atoms with van der Waals surface area (Å²) < 4.78 is 5.03. The third-order valence-electron chi connectivity index (χ3n) is 1.50. The van der Waals surface area contributed by atoms with E-state index in [0.717, 1.165) is 0 Å². The molecule has 0 aliphatic rings. The van der Waals surface area contributed by atoms with E-state index < -0.39 is 0 Å². The van der Waals surface area contributed by atoms with Gasteiger partial charge >= 0.3 is 5.97 Å². The number of carbonyl (C=O) groups is 1. The van der Waals surface area contributed by atoms with Gasteiger partial charge in [0.05, 0.1) is 5.92 Å². The fourth-order valence-corrected chi connectivity index (χ4v) is 0.863. The molecule has 0 amide bonds. The highest BCUT2D eigenvalue weighted by Gasteiger charge is 2.08. The van der Waals surface area contributed by atoms with Crippen LogP contribution >= 0.6 is 11.6 Å². The molecule has 0 saturated heterocycles. The molecule has 0 fully saturated rings. The minimum Gasteiger partial charge on any atom is -0.426 e. The fourth-order valence-electron chi connectivity index (χ4n) is 0.737. The normalized spacial score (nSPS) is 9.20. The number of rotatable bonds is 2. The number of halogens is 1. The third-order valence-corrected chi connectivity index (χ3v) is 1.76. The van der Waals surface area contributed by atoms with Gasteiger partial charge < -0.3 is 4.74 Å². The molecular formula is C12H17ClO2. The minimum absolute atomic E-state index is 0.115. The van der Waals surface area contributed by atoms with Gasteiger partial charge in [0.2, 0.25) is 0 Å². The Kier molecular flexibility index (Phi) is 6.80. The largest absolute Gasteiger partial charge is 0.426 e. The van der Waals surface area contributed by atoms with E-state index in [2.05, 4.69) is 0 Å². The third kappa shape index (κ3) is 5.43. The molecule has 0 spiro atoms. The Morgan fingerprint density at radius 3 is 2.07 bits per heavy atom. The summed E-state index contributed by atoms with van der Waals surface area (Å²) in [6.45, 7) is 7.58. The van der Waals surface area contributed by atoms with Gasteiger partial charge in [0.1, 0.15) is 5.75 Å². The van der Waals surface area contributed by atoms with Gasteiger partial charge in [-0.2, -0.15) is 0 Å². The Bertz CT molecular complexity index is 291. The van der Waals surface area contributed by atoms with Crippen molar-refractivity contribution in [1.29, 1.82) is 0 Å². The van der Waals surface area contributed by atoms with Crippen molar-refractivity contribution in [1.82, 2.24) is 0 Å². The highest BCUT2D eigenvalue weighted by Crippen LogP contribution is 2.16. The zero-order valence-electron chi connectivity index (χ0n) is 9.58. The summed E-state index contributed by atoms with van der Waals surface area (Å²) in [5.41, 5.74) is 0. The average Bonchev–Trinajstić information content (AvgIpc) is 2.24. The topological polar surface area (TPSA) is 26.3 Å². The van der Waals surface area contributed by atoms with Crippen molar-refractivity contribution in [2.24, 2.45) is 5.92 Å². The maximum atomic E-state index is 11.1. The summed E-state index contributed by atoms with van der Waals surface area (Å²) in [4.78, 5) is 11.1. The zero-order valence-corrected chi connectivity index (χ0v) is 10.3. The first-order valence-corrected chi connectivity index (χ1v) is 5.44. The lowest BCUT2D eigenvalue weighted by Gasteiger charge is -2.05. The second-order valence-electron chi connectivity index (χ2n) is 3.03. The molecule has 0 N–H and O–H groups in total. The van der Waals surface area contributed by atoms with Gasteiger partial charge in [-0.3, -0.25) is 4.79 Å². The van der Waals surface area contributed by atoms with E-state index in [0.29, 0.717) is 10.8 Å². The molecule has 0 saturated carbocycles. The number of esters is 1. The van der Waals surface area contributed by atoms with Crippen molar-refractivity contribution < 1.29 is 9.53 Å². The predicted molar refractivity (Wildman–Crippen MR) is 63.3 cm³/mol. The first-order chi connectivity index (χ1) is 7.09. The highest BCUT2D eigenvalue weighted by atomic mass is 35.5. The predicted octanol–water partition coefficient (Wildman–Crippen LogP) is 3.93. The van der Waals surface area contributed by atoms with Crippen LogP contribution in [0.25, 0.3) is 0 Å². The van der Waals surface area contributed by atoms with Crippen LogP contribution in [-0.2, 0) is 4.79 Å². The summed E-state index contributed by atoms with van der Waals surface area (Å²) in [5, 5.41) is 0.629. The quantitative estimate of drug-likeness (QED) is 0.566. The molecule has 0 radical (unpaired) electrons. The van der Waals surface area contributed by atoms with E-state index in [9.17, 15) is 4.79 Å². The number of hydrogen-bond donors (Lipinski definition) is 0. The number of hydrogen-bond acceptors (Lipinski definition) is 2. The molecule has 1 rings (SSSR count). The summed E-state index contributed by atoms with van der Waals surface area (Å²) in [7, 11) is 0. The first kappa shape index (κ1) is 14.0. The van der Waals surface area contributed by atoms with Crippen LogP contribution in [0.5, 0.6) is 5.75 Å². The lowest BCUT2D eigenvalue weighted by Crippen LogP contribution is -2.14. The van der Waals surface area contributed by atoms with Crippen LogP contribution in [0.3, 0.4) is 0 Å². The van der Waals surface area contributed by atoms with Crippen molar-refractivity contribution in [3.8, 4) is 5.75 Å². The molecule has 0 heterocycles. The van der Waals surface area contributed by atoms with Gasteiger partial charge in [-0.25, -0.2) is 0 Å².